The van der Waals surface area contributed by atoms with E-state index in [-0.39, 0.29) is 24.0 Å². The van der Waals surface area contributed by atoms with E-state index >= 15 is 0 Å². The maximum absolute atomic E-state index is 11.8. The van der Waals surface area contributed by atoms with Gasteiger partial charge in [0, 0.05) is 13.2 Å². The summed E-state index contributed by atoms with van der Waals surface area (Å²) in [4.78, 5) is 11.5. The molecule has 0 aliphatic rings. The van der Waals surface area contributed by atoms with E-state index in [4.69, 9.17) is 5.11 Å². The molecule has 0 spiro atoms. The Morgan fingerprint density at radius 1 is 1.32 bits per heavy atom. The van der Waals surface area contributed by atoms with Crippen LogP contribution in [0.25, 0.3) is 0 Å². The van der Waals surface area contributed by atoms with Gasteiger partial charge in [-0.05, 0) is 18.1 Å². The van der Waals surface area contributed by atoms with Crippen molar-refractivity contribution < 1.29 is 18.3 Å². The first-order valence-electron chi connectivity index (χ1n) is 5.88. The number of benzene rings is 1. The van der Waals surface area contributed by atoms with E-state index < -0.39 is 15.9 Å². The predicted molar refractivity (Wildman–Crippen MR) is 70.9 cm³/mol. The predicted octanol–water partition coefficient (Wildman–Crippen LogP) is -0.290. The minimum Gasteiger partial charge on any atom is -0.396 e. The van der Waals surface area contributed by atoms with Crippen LogP contribution in [0.2, 0.25) is 0 Å². The topological polar surface area (TPSA) is 95.5 Å². The van der Waals surface area contributed by atoms with Crippen LogP contribution in [0.4, 0.5) is 0 Å². The summed E-state index contributed by atoms with van der Waals surface area (Å²) >= 11 is 0. The molecule has 0 saturated heterocycles. The molecule has 1 unspecified atom stereocenters. The van der Waals surface area contributed by atoms with Gasteiger partial charge in [-0.1, -0.05) is 25.1 Å². The first-order chi connectivity index (χ1) is 8.95. The molecule has 0 saturated carbocycles. The van der Waals surface area contributed by atoms with E-state index in [0.717, 1.165) is 0 Å². The van der Waals surface area contributed by atoms with Crippen molar-refractivity contribution >= 4 is 15.9 Å². The van der Waals surface area contributed by atoms with Crippen LogP contribution in [0.15, 0.2) is 35.2 Å². The molecule has 1 aromatic rings. The third kappa shape index (κ3) is 5.37. The van der Waals surface area contributed by atoms with Gasteiger partial charge in [0.1, 0.15) is 0 Å². The lowest BCUT2D eigenvalue weighted by Crippen LogP contribution is -2.38. The average Bonchev–Trinajstić information content (AvgIpc) is 2.43. The zero-order chi connectivity index (χ0) is 14.3. The fourth-order valence-electron chi connectivity index (χ4n) is 1.26. The second kappa shape index (κ2) is 7.22. The number of sulfonamides is 1. The van der Waals surface area contributed by atoms with E-state index in [1.54, 1.807) is 25.1 Å². The highest BCUT2D eigenvalue weighted by Crippen LogP contribution is 2.06. The summed E-state index contributed by atoms with van der Waals surface area (Å²) in [6, 6.07) is 7.83. The van der Waals surface area contributed by atoms with Crippen molar-refractivity contribution in [2.75, 3.05) is 19.7 Å². The van der Waals surface area contributed by atoms with Crippen LogP contribution < -0.4 is 10.0 Å². The molecular weight excluding hydrogens is 268 g/mol. The highest BCUT2D eigenvalue weighted by atomic mass is 32.2. The summed E-state index contributed by atoms with van der Waals surface area (Å²) in [6.07, 6.45) is 0. The lowest BCUT2D eigenvalue weighted by molar-refractivity contribution is -0.120. The highest BCUT2D eigenvalue weighted by Gasteiger charge is 2.14. The largest absolute Gasteiger partial charge is 0.396 e. The van der Waals surface area contributed by atoms with E-state index in [9.17, 15) is 13.2 Å². The van der Waals surface area contributed by atoms with Gasteiger partial charge in [0.15, 0.2) is 0 Å². The maximum Gasteiger partial charge on any atom is 0.241 e. The van der Waals surface area contributed by atoms with E-state index in [0.29, 0.717) is 6.54 Å². The molecule has 0 aromatic heterocycles. The Kier molecular flexibility index (Phi) is 5.94. The molecule has 1 atom stereocenters. The second-order valence-electron chi connectivity index (χ2n) is 4.23. The van der Waals surface area contributed by atoms with Gasteiger partial charge in [0.25, 0.3) is 0 Å². The van der Waals surface area contributed by atoms with Gasteiger partial charge in [-0.15, -0.1) is 0 Å². The lowest BCUT2D eigenvalue weighted by Gasteiger charge is -2.10. The maximum atomic E-state index is 11.8. The number of hydrogen-bond donors (Lipinski definition) is 3. The number of aliphatic hydroxyl groups excluding tert-OH is 1. The number of carbonyl (C=O) groups excluding carboxylic acids is 1. The van der Waals surface area contributed by atoms with Gasteiger partial charge in [0.2, 0.25) is 15.9 Å². The van der Waals surface area contributed by atoms with Crippen LogP contribution in [0, 0.1) is 5.92 Å². The van der Waals surface area contributed by atoms with Crippen LogP contribution in [0.5, 0.6) is 0 Å². The molecule has 1 rings (SSSR count). The first kappa shape index (κ1) is 15.6. The van der Waals surface area contributed by atoms with E-state index in [1.807, 2.05) is 0 Å². The Bertz CT molecular complexity index is 502. The quantitative estimate of drug-likeness (QED) is 0.642. The number of nitrogens with one attached hydrogen (secondary N) is 2. The smallest absolute Gasteiger partial charge is 0.241 e. The third-order valence-electron chi connectivity index (χ3n) is 2.44. The van der Waals surface area contributed by atoms with E-state index in [2.05, 4.69) is 10.0 Å². The third-order valence-corrected chi connectivity index (χ3v) is 3.85. The average molecular weight is 286 g/mol. The molecule has 0 heterocycles. The summed E-state index contributed by atoms with van der Waals surface area (Å²) in [5.41, 5.74) is 0. The molecule has 1 amide bonds. The highest BCUT2D eigenvalue weighted by molar-refractivity contribution is 7.89. The molecule has 106 valence electrons. The molecule has 0 radical (unpaired) electrons. The Hall–Kier alpha value is -1.44. The van der Waals surface area contributed by atoms with Crippen LogP contribution in [-0.2, 0) is 14.8 Å². The monoisotopic (exact) mass is 286 g/mol. The Labute approximate surface area is 112 Å². The van der Waals surface area contributed by atoms with Crippen molar-refractivity contribution in [2.45, 2.75) is 11.8 Å². The summed E-state index contributed by atoms with van der Waals surface area (Å²) in [5, 5.41) is 11.3. The SMILES string of the molecule is CC(CO)CNC(=O)CNS(=O)(=O)c1ccccc1. The first-order valence-corrected chi connectivity index (χ1v) is 7.36. The zero-order valence-electron chi connectivity index (χ0n) is 10.7. The molecule has 0 aliphatic heterocycles. The molecule has 0 fully saturated rings. The number of rotatable bonds is 7. The van der Waals surface area contributed by atoms with Crippen molar-refractivity contribution in [2.24, 2.45) is 5.92 Å². The standard InChI is InChI=1S/C12H18N2O4S/c1-10(9-15)7-13-12(16)8-14-19(17,18)11-5-3-2-4-6-11/h2-6,10,14-15H,7-9H2,1H3,(H,13,16). The van der Waals surface area contributed by atoms with E-state index in [1.165, 1.54) is 12.1 Å². The number of hydrogen-bond acceptors (Lipinski definition) is 4. The van der Waals surface area contributed by atoms with Gasteiger partial charge in [0.05, 0.1) is 11.4 Å². The van der Waals surface area contributed by atoms with Gasteiger partial charge in [-0.2, -0.15) is 0 Å². The zero-order valence-corrected chi connectivity index (χ0v) is 11.5. The molecule has 6 nitrogen and oxygen atoms in total. The van der Waals surface area contributed by atoms with Crippen molar-refractivity contribution in [1.29, 1.82) is 0 Å². The molecule has 0 bridgehead atoms. The van der Waals surface area contributed by atoms with Crippen LogP contribution in [0.1, 0.15) is 6.92 Å². The van der Waals surface area contributed by atoms with Gasteiger partial charge < -0.3 is 10.4 Å². The Morgan fingerprint density at radius 2 is 1.95 bits per heavy atom. The summed E-state index contributed by atoms with van der Waals surface area (Å²) in [6.45, 7) is 1.72. The molecule has 7 heteroatoms. The molecule has 19 heavy (non-hydrogen) atoms. The Morgan fingerprint density at radius 3 is 2.53 bits per heavy atom. The van der Waals surface area contributed by atoms with Crippen molar-refractivity contribution in [3.63, 3.8) is 0 Å². The molecule has 3 N–H and O–H groups in total. The normalized spacial score (nSPS) is 12.9. The van der Waals surface area contributed by atoms with Gasteiger partial charge >= 0.3 is 0 Å². The van der Waals surface area contributed by atoms with Crippen LogP contribution >= 0.6 is 0 Å². The second-order valence-corrected chi connectivity index (χ2v) is 6.00. The fraction of sp³-hybridized carbons (Fsp3) is 0.417. The molecule has 1 aromatic carbocycles. The number of amides is 1. The number of carbonyl (C=O) groups is 1. The van der Waals surface area contributed by atoms with Crippen molar-refractivity contribution in [3.05, 3.63) is 30.3 Å². The number of aliphatic hydroxyl groups is 1. The fourth-order valence-corrected chi connectivity index (χ4v) is 2.26. The molecule has 0 aliphatic carbocycles. The minimum absolute atomic E-state index is 0.0317. The van der Waals surface area contributed by atoms with Crippen molar-refractivity contribution in [1.82, 2.24) is 10.0 Å². The minimum atomic E-state index is -3.66. The van der Waals surface area contributed by atoms with Gasteiger partial charge in [-0.3, -0.25) is 4.79 Å². The summed E-state index contributed by atoms with van der Waals surface area (Å²) < 4.78 is 25.8. The summed E-state index contributed by atoms with van der Waals surface area (Å²) in [5.74, 6) is -0.491. The van der Waals surface area contributed by atoms with Crippen LogP contribution in [0.3, 0.4) is 0 Å². The summed E-state index contributed by atoms with van der Waals surface area (Å²) in [7, 11) is -3.66. The Balaban J connectivity index is 2.46. The van der Waals surface area contributed by atoms with Gasteiger partial charge in [-0.25, -0.2) is 13.1 Å². The van der Waals surface area contributed by atoms with Crippen LogP contribution in [-0.4, -0.2) is 39.1 Å². The van der Waals surface area contributed by atoms with Crippen molar-refractivity contribution in [3.8, 4) is 0 Å². The lowest BCUT2D eigenvalue weighted by atomic mass is 10.2. The molecular formula is C12H18N2O4S.